The minimum Gasteiger partial charge on any atom is -0.481 e. The first-order valence-corrected chi connectivity index (χ1v) is 9.35. The molecule has 0 bridgehead atoms. The third-order valence-corrected chi connectivity index (χ3v) is 5.22. The summed E-state index contributed by atoms with van der Waals surface area (Å²) in [6.45, 7) is 2.84. The number of unbranched alkanes of at least 4 members (excludes halogenated alkanes) is 4. The fraction of sp³-hybridized carbons (Fsp3) is 0.929. The van der Waals surface area contributed by atoms with E-state index in [-0.39, 0.29) is 25.2 Å². The molecule has 0 amide bonds. The van der Waals surface area contributed by atoms with E-state index in [4.69, 9.17) is 10.2 Å². The number of carboxylic acid groups (broad SMARTS) is 1. The third kappa shape index (κ3) is 10.7. The van der Waals surface area contributed by atoms with Gasteiger partial charge in [-0.3, -0.25) is 4.79 Å². The molecule has 6 nitrogen and oxygen atoms in total. The highest BCUT2D eigenvalue weighted by molar-refractivity contribution is 7.89. The van der Waals surface area contributed by atoms with Crippen LogP contribution < -0.4 is 0 Å². The summed E-state index contributed by atoms with van der Waals surface area (Å²) in [7, 11) is -3.42. The summed E-state index contributed by atoms with van der Waals surface area (Å²) in [5, 5.41) is 17.4. The number of aliphatic carboxylic acids is 1. The predicted octanol–water partition coefficient (Wildman–Crippen LogP) is 1.84. The molecule has 0 radical (unpaired) electrons. The number of hydrogen-bond donors (Lipinski definition) is 2. The molecule has 0 saturated heterocycles. The highest BCUT2D eigenvalue weighted by Gasteiger charge is 2.21. The number of aliphatic hydroxyl groups excluding tert-OH is 1. The molecule has 0 aliphatic carbocycles. The van der Waals surface area contributed by atoms with Gasteiger partial charge < -0.3 is 10.2 Å². The van der Waals surface area contributed by atoms with Gasteiger partial charge in [-0.25, -0.2) is 12.7 Å². The molecule has 0 aromatic carbocycles. The molecule has 2 N–H and O–H groups in total. The first kappa shape index (κ1) is 20.3. The molecular weight excluding hydrogens is 294 g/mol. The molecule has 0 heterocycles. The predicted molar refractivity (Wildman–Crippen MR) is 82.7 cm³/mol. The van der Waals surface area contributed by atoms with E-state index in [0.717, 1.165) is 32.1 Å². The van der Waals surface area contributed by atoms with Crippen LogP contribution in [0, 0.1) is 0 Å². The zero-order chi connectivity index (χ0) is 16.1. The summed E-state index contributed by atoms with van der Waals surface area (Å²) >= 11 is 0. The van der Waals surface area contributed by atoms with E-state index < -0.39 is 16.0 Å². The SMILES string of the molecule is CCCCCCCN(CCCO)S(=O)(=O)CCCC(=O)O. The summed E-state index contributed by atoms with van der Waals surface area (Å²) in [6.07, 6.45) is 5.60. The normalized spacial score (nSPS) is 12.0. The Labute approximate surface area is 128 Å². The Hall–Kier alpha value is -0.660. The van der Waals surface area contributed by atoms with Crippen molar-refractivity contribution in [3.8, 4) is 0 Å². The van der Waals surface area contributed by atoms with E-state index in [1.165, 1.54) is 4.31 Å². The second-order valence-electron chi connectivity index (χ2n) is 5.20. The van der Waals surface area contributed by atoms with Crippen LogP contribution in [0.2, 0.25) is 0 Å². The fourth-order valence-electron chi connectivity index (χ4n) is 2.06. The van der Waals surface area contributed by atoms with E-state index in [9.17, 15) is 13.2 Å². The number of hydrogen-bond acceptors (Lipinski definition) is 4. The number of rotatable bonds is 14. The quantitative estimate of drug-likeness (QED) is 0.476. The largest absolute Gasteiger partial charge is 0.481 e. The molecule has 0 spiro atoms. The van der Waals surface area contributed by atoms with Crippen LogP contribution in [0.4, 0.5) is 0 Å². The second-order valence-corrected chi connectivity index (χ2v) is 7.29. The number of nitrogens with zero attached hydrogens (tertiary/aromatic N) is 1. The van der Waals surface area contributed by atoms with E-state index in [1.54, 1.807) is 0 Å². The van der Waals surface area contributed by atoms with Gasteiger partial charge in [0.1, 0.15) is 0 Å². The average molecular weight is 323 g/mol. The van der Waals surface area contributed by atoms with Gasteiger partial charge >= 0.3 is 5.97 Å². The lowest BCUT2D eigenvalue weighted by Crippen LogP contribution is -2.35. The Morgan fingerprint density at radius 2 is 1.62 bits per heavy atom. The van der Waals surface area contributed by atoms with Gasteiger partial charge in [-0.15, -0.1) is 0 Å². The molecule has 0 rings (SSSR count). The van der Waals surface area contributed by atoms with Crippen LogP contribution in [0.1, 0.15) is 58.3 Å². The van der Waals surface area contributed by atoms with Crippen molar-refractivity contribution in [1.29, 1.82) is 0 Å². The minimum absolute atomic E-state index is 0.0447. The van der Waals surface area contributed by atoms with Gasteiger partial charge in [0.2, 0.25) is 10.0 Å². The summed E-state index contributed by atoms with van der Waals surface area (Å²) in [6, 6.07) is 0. The fourth-order valence-corrected chi connectivity index (χ4v) is 3.65. The molecule has 126 valence electrons. The molecule has 0 aromatic rings. The van der Waals surface area contributed by atoms with Crippen LogP contribution in [0.15, 0.2) is 0 Å². The van der Waals surface area contributed by atoms with Gasteiger partial charge in [-0.05, 0) is 19.3 Å². The molecule has 21 heavy (non-hydrogen) atoms. The Balaban J connectivity index is 4.31. The van der Waals surface area contributed by atoms with Crippen LogP contribution in [-0.2, 0) is 14.8 Å². The van der Waals surface area contributed by atoms with Crippen molar-refractivity contribution in [2.24, 2.45) is 0 Å². The van der Waals surface area contributed by atoms with Crippen molar-refractivity contribution in [2.45, 2.75) is 58.3 Å². The molecule has 0 saturated carbocycles. The Morgan fingerprint density at radius 1 is 1.00 bits per heavy atom. The first-order valence-electron chi connectivity index (χ1n) is 7.74. The minimum atomic E-state index is -3.42. The molecule has 7 heteroatoms. The molecule has 0 aliphatic heterocycles. The van der Waals surface area contributed by atoms with Crippen LogP contribution in [0.5, 0.6) is 0 Å². The zero-order valence-electron chi connectivity index (χ0n) is 13.0. The van der Waals surface area contributed by atoms with Gasteiger partial charge in [-0.1, -0.05) is 32.6 Å². The highest BCUT2D eigenvalue weighted by atomic mass is 32.2. The maximum Gasteiger partial charge on any atom is 0.303 e. The molecule has 0 fully saturated rings. The number of carboxylic acids is 1. The van der Waals surface area contributed by atoms with Gasteiger partial charge in [0.25, 0.3) is 0 Å². The number of aliphatic hydroxyl groups is 1. The summed E-state index contributed by atoms with van der Waals surface area (Å²) in [5.41, 5.74) is 0. The van der Waals surface area contributed by atoms with Crippen molar-refractivity contribution in [1.82, 2.24) is 4.31 Å². The van der Waals surface area contributed by atoms with Gasteiger partial charge in [-0.2, -0.15) is 0 Å². The van der Waals surface area contributed by atoms with Crippen molar-refractivity contribution in [3.63, 3.8) is 0 Å². The maximum atomic E-state index is 12.2. The van der Waals surface area contributed by atoms with Crippen LogP contribution in [0.25, 0.3) is 0 Å². The molecular formula is C14H29NO5S. The smallest absolute Gasteiger partial charge is 0.303 e. The van der Waals surface area contributed by atoms with Crippen LogP contribution in [-0.4, -0.2) is 54.4 Å². The van der Waals surface area contributed by atoms with Crippen molar-refractivity contribution in [3.05, 3.63) is 0 Å². The Morgan fingerprint density at radius 3 is 2.19 bits per heavy atom. The van der Waals surface area contributed by atoms with Gasteiger partial charge in [0, 0.05) is 26.1 Å². The number of sulfonamides is 1. The molecule has 0 aliphatic rings. The first-order chi connectivity index (χ1) is 9.94. The summed E-state index contributed by atoms with van der Waals surface area (Å²) < 4.78 is 25.8. The maximum absolute atomic E-state index is 12.2. The molecule has 0 atom stereocenters. The lowest BCUT2D eigenvalue weighted by atomic mass is 10.1. The summed E-state index contributed by atoms with van der Waals surface area (Å²) in [5.74, 6) is -1.12. The topological polar surface area (TPSA) is 94.9 Å². The lowest BCUT2D eigenvalue weighted by molar-refractivity contribution is -0.137. The Kier molecular flexibility index (Phi) is 11.6. The highest BCUT2D eigenvalue weighted by Crippen LogP contribution is 2.10. The van der Waals surface area contributed by atoms with E-state index >= 15 is 0 Å². The average Bonchev–Trinajstić information content (AvgIpc) is 2.41. The van der Waals surface area contributed by atoms with Crippen LogP contribution >= 0.6 is 0 Å². The molecule has 0 aromatic heterocycles. The monoisotopic (exact) mass is 323 g/mol. The second kappa shape index (κ2) is 11.9. The van der Waals surface area contributed by atoms with Crippen LogP contribution in [0.3, 0.4) is 0 Å². The van der Waals surface area contributed by atoms with Crippen molar-refractivity contribution in [2.75, 3.05) is 25.4 Å². The number of carbonyl (C=O) groups is 1. The van der Waals surface area contributed by atoms with Crippen molar-refractivity contribution >= 4 is 16.0 Å². The van der Waals surface area contributed by atoms with Crippen molar-refractivity contribution < 1.29 is 23.4 Å². The zero-order valence-corrected chi connectivity index (χ0v) is 13.8. The molecule has 0 unspecified atom stereocenters. The van der Waals surface area contributed by atoms with E-state index in [2.05, 4.69) is 6.92 Å². The third-order valence-electron chi connectivity index (χ3n) is 3.26. The lowest BCUT2D eigenvalue weighted by Gasteiger charge is -2.21. The van der Waals surface area contributed by atoms with Gasteiger partial charge in [0.15, 0.2) is 0 Å². The van der Waals surface area contributed by atoms with E-state index in [1.807, 2.05) is 0 Å². The standard InChI is InChI=1S/C14H29NO5S/c1-2-3-4-5-6-10-15(11-8-12-16)21(19,20)13-7-9-14(17)18/h16H,2-13H2,1H3,(H,17,18). The van der Waals surface area contributed by atoms with E-state index in [0.29, 0.717) is 19.5 Å². The van der Waals surface area contributed by atoms with Gasteiger partial charge in [0.05, 0.1) is 5.75 Å². The Bertz CT molecular complexity index is 370. The summed E-state index contributed by atoms with van der Waals surface area (Å²) in [4.78, 5) is 10.5.